The van der Waals surface area contributed by atoms with Crippen LogP contribution in [0.25, 0.3) is 0 Å². The fraction of sp³-hybridized carbons (Fsp3) is 0.733. The fourth-order valence-electron chi connectivity index (χ4n) is 2.20. The molecule has 106 valence electrons. The predicted octanol–water partition coefficient (Wildman–Crippen LogP) is 4.19. The normalized spacial score (nSPS) is 16.5. The Kier molecular flexibility index (Phi) is 4.67. The van der Waals surface area contributed by atoms with Crippen LogP contribution >= 0.6 is 11.6 Å². The molecule has 3 nitrogen and oxygen atoms in total. The smallest absolute Gasteiger partial charge is 0.137 e. The van der Waals surface area contributed by atoms with Crippen LogP contribution in [0.3, 0.4) is 0 Å². The summed E-state index contributed by atoms with van der Waals surface area (Å²) < 4.78 is 0. The molecular formula is C15H24ClN3. The van der Waals surface area contributed by atoms with Crippen LogP contribution in [0.5, 0.6) is 0 Å². The van der Waals surface area contributed by atoms with Crippen molar-refractivity contribution in [2.45, 2.75) is 52.9 Å². The Morgan fingerprint density at radius 2 is 2.00 bits per heavy atom. The molecule has 1 aliphatic rings. The van der Waals surface area contributed by atoms with Crippen molar-refractivity contribution >= 4 is 17.4 Å². The molecule has 1 unspecified atom stereocenters. The molecule has 2 rings (SSSR count). The van der Waals surface area contributed by atoms with Crippen LogP contribution in [0.15, 0.2) is 0 Å². The van der Waals surface area contributed by atoms with E-state index in [0.29, 0.717) is 17.0 Å². The van der Waals surface area contributed by atoms with Crippen molar-refractivity contribution in [1.29, 1.82) is 0 Å². The summed E-state index contributed by atoms with van der Waals surface area (Å²) in [6, 6.07) is 0. The third kappa shape index (κ3) is 3.38. The second-order valence-corrected chi connectivity index (χ2v) is 6.01. The number of anilines is 1. The van der Waals surface area contributed by atoms with Gasteiger partial charge >= 0.3 is 0 Å². The molecular weight excluding hydrogens is 258 g/mol. The molecule has 1 saturated carbocycles. The topological polar surface area (TPSA) is 29.0 Å². The third-order valence-corrected chi connectivity index (χ3v) is 4.30. The largest absolute Gasteiger partial charge is 0.356 e. The first-order valence-corrected chi connectivity index (χ1v) is 7.73. The quantitative estimate of drug-likeness (QED) is 0.732. The molecule has 0 spiro atoms. The van der Waals surface area contributed by atoms with E-state index in [0.717, 1.165) is 30.3 Å². The van der Waals surface area contributed by atoms with Crippen LogP contribution in [-0.2, 0) is 0 Å². The van der Waals surface area contributed by atoms with Crippen LogP contribution in [0, 0.1) is 12.8 Å². The molecule has 1 aliphatic carbocycles. The molecule has 1 aromatic rings. The average molecular weight is 282 g/mol. The lowest BCUT2D eigenvalue weighted by Crippen LogP contribution is -2.30. The van der Waals surface area contributed by atoms with Gasteiger partial charge in [-0.05, 0) is 32.6 Å². The zero-order chi connectivity index (χ0) is 14.0. The van der Waals surface area contributed by atoms with Crippen LogP contribution in [-0.4, -0.2) is 23.1 Å². The van der Waals surface area contributed by atoms with Crippen molar-refractivity contribution in [2.24, 2.45) is 5.92 Å². The highest BCUT2D eigenvalue weighted by Gasteiger charge is 2.28. The molecule has 19 heavy (non-hydrogen) atoms. The van der Waals surface area contributed by atoms with Gasteiger partial charge < -0.3 is 4.90 Å². The lowest BCUT2D eigenvalue weighted by Gasteiger charge is -2.27. The maximum atomic E-state index is 6.28. The molecule has 1 atom stereocenters. The Labute approximate surface area is 121 Å². The van der Waals surface area contributed by atoms with Gasteiger partial charge in [0.25, 0.3) is 0 Å². The van der Waals surface area contributed by atoms with E-state index in [1.165, 1.54) is 19.3 Å². The Bertz CT molecular complexity index is 443. The van der Waals surface area contributed by atoms with E-state index in [-0.39, 0.29) is 0 Å². The van der Waals surface area contributed by atoms with Gasteiger partial charge in [-0.15, -0.1) is 0 Å². The Morgan fingerprint density at radius 3 is 2.53 bits per heavy atom. The van der Waals surface area contributed by atoms with Gasteiger partial charge in [0.05, 0.1) is 0 Å². The van der Waals surface area contributed by atoms with Gasteiger partial charge in [0.1, 0.15) is 16.8 Å². The van der Waals surface area contributed by atoms with Crippen LogP contribution in [0.4, 0.5) is 5.82 Å². The second-order valence-electron chi connectivity index (χ2n) is 5.65. The van der Waals surface area contributed by atoms with E-state index >= 15 is 0 Å². The van der Waals surface area contributed by atoms with Gasteiger partial charge in [0.2, 0.25) is 0 Å². The standard InChI is InChI=1S/C15H24ClN3/c1-5-10(3)9-19(6-2)15-11(4)13(16)17-14(18-15)12-7-8-12/h10,12H,5-9H2,1-4H3. The van der Waals surface area contributed by atoms with Gasteiger partial charge in [0, 0.05) is 24.6 Å². The summed E-state index contributed by atoms with van der Waals surface area (Å²) in [5.74, 6) is 3.18. The molecule has 1 aromatic heterocycles. The Hall–Kier alpha value is -0.830. The molecule has 0 N–H and O–H groups in total. The number of hydrogen-bond donors (Lipinski definition) is 0. The van der Waals surface area contributed by atoms with Crippen LogP contribution in [0.1, 0.15) is 57.3 Å². The predicted molar refractivity (Wildman–Crippen MR) is 81.1 cm³/mol. The minimum Gasteiger partial charge on any atom is -0.356 e. The summed E-state index contributed by atoms with van der Waals surface area (Å²) in [6.07, 6.45) is 3.59. The number of halogens is 1. The Balaban J connectivity index is 2.29. The molecule has 0 amide bonds. The van der Waals surface area contributed by atoms with Crippen LogP contribution < -0.4 is 4.90 Å². The molecule has 0 aliphatic heterocycles. The zero-order valence-electron chi connectivity index (χ0n) is 12.4. The van der Waals surface area contributed by atoms with E-state index in [2.05, 4.69) is 30.7 Å². The average Bonchev–Trinajstić information content (AvgIpc) is 3.23. The highest BCUT2D eigenvalue weighted by Crippen LogP contribution is 2.40. The highest BCUT2D eigenvalue weighted by atomic mass is 35.5. The van der Waals surface area contributed by atoms with Gasteiger partial charge in [-0.2, -0.15) is 0 Å². The monoisotopic (exact) mass is 281 g/mol. The van der Waals surface area contributed by atoms with Gasteiger partial charge in [0.15, 0.2) is 0 Å². The highest BCUT2D eigenvalue weighted by molar-refractivity contribution is 6.30. The maximum Gasteiger partial charge on any atom is 0.137 e. The molecule has 1 heterocycles. The van der Waals surface area contributed by atoms with Crippen molar-refractivity contribution in [2.75, 3.05) is 18.0 Å². The SMILES string of the molecule is CCC(C)CN(CC)c1nc(C2CC2)nc(Cl)c1C. The van der Waals surface area contributed by atoms with E-state index in [9.17, 15) is 0 Å². The van der Waals surface area contributed by atoms with Crippen molar-refractivity contribution < 1.29 is 0 Å². The first-order valence-electron chi connectivity index (χ1n) is 7.35. The van der Waals surface area contributed by atoms with E-state index in [4.69, 9.17) is 16.6 Å². The van der Waals surface area contributed by atoms with E-state index < -0.39 is 0 Å². The minimum atomic E-state index is 0.541. The minimum absolute atomic E-state index is 0.541. The molecule has 1 fully saturated rings. The second kappa shape index (κ2) is 6.08. The first kappa shape index (κ1) is 14.6. The summed E-state index contributed by atoms with van der Waals surface area (Å²) in [4.78, 5) is 11.6. The lowest BCUT2D eigenvalue weighted by atomic mass is 10.1. The number of nitrogens with zero attached hydrogens (tertiary/aromatic N) is 3. The summed E-state index contributed by atoms with van der Waals surface area (Å²) in [5, 5.41) is 0.620. The van der Waals surface area contributed by atoms with Crippen LogP contribution in [0.2, 0.25) is 5.15 Å². The summed E-state index contributed by atoms with van der Waals surface area (Å²) in [6.45, 7) is 10.7. The van der Waals surface area contributed by atoms with Crippen molar-refractivity contribution in [1.82, 2.24) is 9.97 Å². The van der Waals surface area contributed by atoms with E-state index in [1.54, 1.807) is 0 Å². The molecule has 0 bridgehead atoms. The number of rotatable bonds is 6. The summed E-state index contributed by atoms with van der Waals surface area (Å²) in [7, 11) is 0. The van der Waals surface area contributed by atoms with E-state index in [1.807, 2.05) is 6.92 Å². The molecule has 0 saturated heterocycles. The Morgan fingerprint density at radius 1 is 1.32 bits per heavy atom. The van der Waals surface area contributed by atoms with Crippen molar-refractivity contribution in [3.05, 3.63) is 16.5 Å². The fourth-order valence-corrected chi connectivity index (χ4v) is 2.37. The molecule has 0 aromatic carbocycles. The molecule has 0 radical (unpaired) electrons. The number of hydrogen-bond acceptors (Lipinski definition) is 3. The molecule has 4 heteroatoms. The lowest BCUT2D eigenvalue weighted by molar-refractivity contribution is 0.544. The van der Waals surface area contributed by atoms with Crippen molar-refractivity contribution in [3.8, 4) is 0 Å². The maximum absolute atomic E-state index is 6.28. The van der Waals surface area contributed by atoms with Gasteiger partial charge in [-0.25, -0.2) is 9.97 Å². The zero-order valence-corrected chi connectivity index (χ0v) is 13.2. The summed E-state index contributed by atoms with van der Waals surface area (Å²) >= 11 is 6.28. The number of aromatic nitrogens is 2. The van der Waals surface area contributed by atoms with Gasteiger partial charge in [-0.3, -0.25) is 0 Å². The van der Waals surface area contributed by atoms with Crippen molar-refractivity contribution in [3.63, 3.8) is 0 Å². The third-order valence-electron chi connectivity index (χ3n) is 3.93. The first-order chi connectivity index (χ1) is 9.06. The summed E-state index contributed by atoms with van der Waals surface area (Å²) in [5.41, 5.74) is 1.01. The van der Waals surface area contributed by atoms with Gasteiger partial charge in [-0.1, -0.05) is 31.9 Å².